The number of aryl methyl sites for hydroxylation is 3. The number of carbonyl (C=O) groups excluding carboxylic acids is 2. The first-order valence-electron chi connectivity index (χ1n) is 14.7. The Kier molecular flexibility index (Phi) is 8.45. The van der Waals surface area contributed by atoms with Crippen molar-refractivity contribution in [2.24, 2.45) is 5.92 Å². The lowest BCUT2D eigenvalue weighted by Crippen LogP contribution is -2.44. The lowest BCUT2D eigenvalue weighted by atomic mass is 9.88. The van der Waals surface area contributed by atoms with Gasteiger partial charge >= 0.3 is 0 Å². The van der Waals surface area contributed by atoms with Gasteiger partial charge in [-0.1, -0.05) is 49.7 Å². The molecule has 2 aromatic carbocycles. The molecule has 0 bridgehead atoms. The van der Waals surface area contributed by atoms with Crippen LogP contribution >= 0.6 is 0 Å². The van der Waals surface area contributed by atoms with Gasteiger partial charge in [-0.05, 0) is 55.9 Å². The maximum Gasteiger partial charge on any atom is 0.200 e. The van der Waals surface area contributed by atoms with E-state index in [-0.39, 0.29) is 37.6 Å². The SMILES string of the molecule is CCn1ncc(CCC(C)C)c1C(=O)CN1c2ccc(CO)cc2[C@]2(O)C[C@@H](CC(=O)Cc3cccc(C)c3)OC12. The van der Waals surface area contributed by atoms with Crippen molar-refractivity contribution in [1.29, 1.82) is 0 Å². The summed E-state index contributed by atoms with van der Waals surface area (Å²) in [5.41, 5.74) is 4.19. The fourth-order valence-corrected chi connectivity index (χ4v) is 6.28. The van der Waals surface area contributed by atoms with Gasteiger partial charge in [0.05, 0.1) is 25.5 Å². The molecule has 1 aromatic heterocycles. The van der Waals surface area contributed by atoms with Crippen molar-refractivity contribution in [3.05, 3.63) is 82.2 Å². The first kappa shape index (κ1) is 29.2. The van der Waals surface area contributed by atoms with E-state index in [1.54, 1.807) is 23.0 Å². The summed E-state index contributed by atoms with van der Waals surface area (Å²) in [6.45, 7) is 8.70. The fraction of sp³-hybridized carbons (Fsp3) is 0.485. The maximum absolute atomic E-state index is 13.9. The van der Waals surface area contributed by atoms with Crippen LogP contribution in [0.2, 0.25) is 0 Å². The monoisotopic (exact) mass is 559 g/mol. The second kappa shape index (κ2) is 11.9. The predicted octanol–water partition coefficient (Wildman–Crippen LogP) is 4.50. The summed E-state index contributed by atoms with van der Waals surface area (Å²) < 4.78 is 8.14. The molecule has 8 nitrogen and oxygen atoms in total. The summed E-state index contributed by atoms with van der Waals surface area (Å²) in [6, 6.07) is 13.3. The molecule has 0 amide bonds. The Morgan fingerprint density at radius 1 is 1.17 bits per heavy atom. The Morgan fingerprint density at radius 3 is 2.68 bits per heavy atom. The number of fused-ring (bicyclic) bond motifs is 3. The second-order valence-electron chi connectivity index (χ2n) is 12.0. The lowest BCUT2D eigenvalue weighted by Gasteiger charge is -2.28. The number of aliphatic hydroxyl groups is 2. The molecule has 1 unspecified atom stereocenters. The molecule has 0 aliphatic carbocycles. The van der Waals surface area contributed by atoms with Gasteiger partial charge in [-0.25, -0.2) is 0 Å². The Morgan fingerprint density at radius 2 is 1.98 bits per heavy atom. The minimum Gasteiger partial charge on any atom is -0.392 e. The number of carbonyl (C=O) groups is 2. The fourth-order valence-electron chi connectivity index (χ4n) is 6.28. The van der Waals surface area contributed by atoms with Crippen molar-refractivity contribution >= 4 is 17.3 Å². The Hall–Kier alpha value is -3.33. The van der Waals surface area contributed by atoms with E-state index >= 15 is 0 Å². The van der Waals surface area contributed by atoms with Crippen molar-refractivity contribution < 1.29 is 24.5 Å². The highest BCUT2D eigenvalue weighted by atomic mass is 16.5. The number of aliphatic hydroxyl groups excluding tert-OH is 1. The van der Waals surface area contributed by atoms with Crippen LogP contribution < -0.4 is 4.90 Å². The molecule has 0 saturated carbocycles. The number of anilines is 1. The standard InChI is InChI=1S/C33H41N3O5/c1-5-36-31(25(18-34-36)11-9-21(2)3)30(39)19-35-29-12-10-24(20-37)15-28(29)33(40)17-27(41-32(33)35)16-26(38)14-23-8-6-7-22(4)13-23/h6-8,10,12-13,15,18,21,27,32,37,40H,5,9,11,14,16-17,19-20H2,1-4H3/t27-,32?,33-/m1/s1. The molecule has 1 saturated heterocycles. The molecule has 1 fully saturated rings. The van der Waals surface area contributed by atoms with Crippen LogP contribution in [0.15, 0.2) is 48.7 Å². The van der Waals surface area contributed by atoms with Gasteiger partial charge in [0.1, 0.15) is 17.1 Å². The van der Waals surface area contributed by atoms with E-state index in [1.165, 1.54) is 0 Å². The third-order valence-electron chi connectivity index (χ3n) is 8.29. The molecule has 0 spiro atoms. The molecule has 3 aromatic rings. The van der Waals surface area contributed by atoms with Crippen molar-refractivity contribution in [2.45, 2.75) is 90.9 Å². The van der Waals surface area contributed by atoms with Crippen LogP contribution in [0.4, 0.5) is 5.69 Å². The van der Waals surface area contributed by atoms with Crippen molar-refractivity contribution in [1.82, 2.24) is 9.78 Å². The molecule has 5 rings (SSSR count). The van der Waals surface area contributed by atoms with Crippen LogP contribution in [0, 0.1) is 12.8 Å². The Balaban J connectivity index is 1.40. The van der Waals surface area contributed by atoms with Gasteiger partial charge in [-0.15, -0.1) is 0 Å². The molecular formula is C33H41N3O5. The van der Waals surface area contributed by atoms with Crippen LogP contribution in [0.25, 0.3) is 0 Å². The molecule has 3 heterocycles. The minimum atomic E-state index is -1.40. The Labute approximate surface area is 241 Å². The average molecular weight is 560 g/mol. The number of hydrogen-bond donors (Lipinski definition) is 2. The molecule has 3 atom stereocenters. The van der Waals surface area contributed by atoms with Gasteiger partial charge in [0.2, 0.25) is 0 Å². The van der Waals surface area contributed by atoms with Crippen LogP contribution in [0.1, 0.15) is 78.3 Å². The molecule has 41 heavy (non-hydrogen) atoms. The van der Waals surface area contributed by atoms with Gasteiger partial charge in [-0.2, -0.15) is 5.10 Å². The summed E-state index contributed by atoms with van der Waals surface area (Å²) in [7, 11) is 0. The summed E-state index contributed by atoms with van der Waals surface area (Å²) in [5, 5.41) is 26.3. The molecule has 0 radical (unpaired) electrons. The van der Waals surface area contributed by atoms with Crippen LogP contribution in [-0.2, 0) is 41.1 Å². The van der Waals surface area contributed by atoms with Crippen molar-refractivity contribution in [3.8, 4) is 0 Å². The number of ketones is 2. The van der Waals surface area contributed by atoms with Gasteiger partial charge in [0.25, 0.3) is 0 Å². The minimum absolute atomic E-state index is 0.00276. The van der Waals surface area contributed by atoms with Gasteiger partial charge in [0, 0.05) is 42.6 Å². The number of aromatic nitrogens is 2. The van der Waals surface area contributed by atoms with E-state index in [1.807, 2.05) is 49.1 Å². The number of ether oxygens (including phenoxy) is 1. The van der Waals surface area contributed by atoms with E-state index in [0.717, 1.165) is 29.5 Å². The number of nitrogens with zero attached hydrogens (tertiary/aromatic N) is 3. The zero-order valence-corrected chi connectivity index (χ0v) is 24.5. The third-order valence-corrected chi connectivity index (χ3v) is 8.29. The summed E-state index contributed by atoms with van der Waals surface area (Å²) in [4.78, 5) is 28.7. The van der Waals surface area contributed by atoms with E-state index in [0.29, 0.717) is 41.4 Å². The number of benzene rings is 2. The molecule has 8 heteroatoms. The zero-order valence-electron chi connectivity index (χ0n) is 24.5. The molecule has 2 N–H and O–H groups in total. The summed E-state index contributed by atoms with van der Waals surface area (Å²) >= 11 is 0. The quantitative estimate of drug-likeness (QED) is 0.315. The number of hydrogen-bond acceptors (Lipinski definition) is 7. The second-order valence-corrected chi connectivity index (χ2v) is 12.0. The van der Waals surface area contributed by atoms with Gasteiger partial charge in [-0.3, -0.25) is 14.3 Å². The first-order chi connectivity index (χ1) is 19.6. The lowest BCUT2D eigenvalue weighted by molar-refractivity contribution is -0.121. The Bertz CT molecular complexity index is 1430. The predicted molar refractivity (Wildman–Crippen MR) is 157 cm³/mol. The topological polar surface area (TPSA) is 105 Å². The largest absolute Gasteiger partial charge is 0.392 e. The normalized spacial score (nSPS) is 21.4. The first-order valence-corrected chi connectivity index (χ1v) is 14.7. The van der Waals surface area contributed by atoms with Crippen molar-refractivity contribution in [3.63, 3.8) is 0 Å². The molecule has 218 valence electrons. The maximum atomic E-state index is 13.9. The van der Waals surface area contributed by atoms with Gasteiger partial charge < -0.3 is 19.8 Å². The molecule has 2 aliphatic heterocycles. The van der Waals surface area contributed by atoms with Gasteiger partial charge in [0.15, 0.2) is 12.0 Å². The average Bonchev–Trinajstić information content (AvgIpc) is 3.56. The smallest absolute Gasteiger partial charge is 0.200 e. The number of rotatable bonds is 12. The third kappa shape index (κ3) is 5.87. The van der Waals surface area contributed by atoms with E-state index in [2.05, 4.69) is 18.9 Å². The van der Waals surface area contributed by atoms with E-state index in [4.69, 9.17) is 4.74 Å². The highest BCUT2D eigenvalue weighted by Crippen LogP contribution is 2.52. The van der Waals surface area contributed by atoms with Crippen molar-refractivity contribution in [2.75, 3.05) is 11.4 Å². The van der Waals surface area contributed by atoms with Crippen LogP contribution in [0.5, 0.6) is 0 Å². The highest BCUT2D eigenvalue weighted by Gasteiger charge is 2.57. The molecule has 2 aliphatic rings. The van der Waals surface area contributed by atoms with Crippen LogP contribution in [0.3, 0.4) is 0 Å². The summed E-state index contributed by atoms with van der Waals surface area (Å²) in [5.74, 6) is 0.450. The highest BCUT2D eigenvalue weighted by molar-refractivity contribution is 5.99. The number of Topliss-reactive ketones (excluding diaryl/α,β-unsaturated/α-hetero) is 2. The zero-order chi connectivity index (χ0) is 29.3. The molecular weight excluding hydrogens is 518 g/mol. The van der Waals surface area contributed by atoms with E-state index in [9.17, 15) is 19.8 Å². The van der Waals surface area contributed by atoms with Crippen LogP contribution in [-0.4, -0.2) is 50.4 Å². The summed E-state index contributed by atoms with van der Waals surface area (Å²) in [6.07, 6.45) is 2.92. The van der Waals surface area contributed by atoms with E-state index < -0.39 is 17.9 Å².